The summed E-state index contributed by atoms with van der Waals surface area (Å²) in [6.07, 6.45) is 5.50. The van der Waals surface area contributed by atoms with Crippen molar-refractivity contribution in [2.24, 2.45) is 11.3 Å². The van der Waals surface area contributed by atoms with Gasteiger partial charge in [0, 0.05) is 31.2 Å². The normalized spacial score (nSPS) is 21.9. The Balaban J connectivity index is 1.62. The summed E-state index contributed by atoms with van der Waals surface area (Å²) in [5, 5.41) is 4.50. The van der Waals surface area contributed by atoms with Gasteiger partial charge in [-0.3, -0.25) is 4.79 Å². The van der Waals surface area contributed by atoms with Crippen LogP contribution in [0.4, 0.5) is 5.69 Å². The van der Waals surface area contributed by atoms with Crippen LogP contribution < -0.4 is 15.2 Å². The van der Waals surface area contributed by atoms with Crippen LogP contribution in [0.5, 0.6) is 5.75 Å². The number of piperazine rings is 1. The summed E-state index contributed by atoms with van der Waals surface area (Å²) in [6, 6.07) is 7.01. The average Bonchev–Trinajstić information content (AvgIpc) is 2.85. The van der Waals surface area contributed by atoms with Gasteiger partial charge in [-0.15, -0.1) is 0 Å². The number of sulfonamides is 1. The van der Waals surface area contributed by atoms with Crippen molar-refractivity contribution in [2.45, 2.75) is 71.7 Å². The minimum Gasteiger partial charge on any atom is -0.483 e. The predicted octanol–water partition coefficient (Wildman–Crippen LogP) is 4.73. The lowest BCUT2D eigenvalue weighted by Gasteiger charge is -2.38. The number of ether oxygens (including phenoxy) is 1. The Hall–Kier alpha value is -2.10. The molecule has 1 aromatic heterocycles. The predicted molar refractivity (Wildman–Crippen MR) is 149 cm³/mol. The summed E-state index contributed by atoms with van der Waals surface area (Å²) in [5.41, 5.74) is 1.10. The molecule has 37 heavy (non-hydrogen) atoms. The Kier molecular flexibility index (Phi) is 8.26. The molecule has 0 radical (unpaired) electrons. The Labute approximate surface area is 225 Å². The fraction of sp³-hybridized carbons (Fsp3) is 0.630. The third-order valence-electron chi connectivity index (χ3n) is 7.69. The molecule has 2 fully saturated rings. The van der Waals surface area contributed by atoms with E-state index in [1.54, 1.807) is 44.3 Å². The zero-order chi connectivity index (χ0) is 27.0. The first-order valence-corrected chi connectivity index (χ1v) is 15.0. The van der Waals surface area contributed by atoms with Crippen molar-refractivity contribution >= 4 is 27.3 Å². The summed E-state index contributed by atoms with van der Waals surface area (Å²) < 4.78 is 34.6. The van der Waals surface area contributed by atoms with Gasteiger partial charge in [-0.05, 0) is 69.1 Å². The van der Waals surface area contributed by atoms with E-state index in [4.69, 9.17) is 16.3 Å². The average molecular weight is 551 g/mol. The number of anilines is 1. The molecule has 0 spiro atoms. The van der Waals surface area contributed by atoms with Crippen LogP contribution in [-0.4, -0.2) is 60.0 Å². The number of rotatable bonds is 6. The number of aromatic nitrogens is 2. The third kappa shape index (κ3) is 6.15. The topological polar surface area (TPSA) is 84.7 Å². The van der Waals surface area contributed by atoms with Crippen LogP contribution in [0.25, 0.3) is 5.69 Å². The van der Waals surface area contributed by atoms with Crippen LogP contribution in [0.15, 0.2) is 35.3 Å². The van der Waals surface area contributed by atoms with Crippen molar-refractivity contribution in [3.8, 4) is 11.4 Å². The molecule has 0 N–H and O–H groups in total. The molecule has 0 unspecified atom stereocenters. The summed E-state index contributed by atoms with van der Waals surface area (Å²) in [4.78, 5) is 15.8. The van der Waals surface area contributed by atoms with Gasteiger partial charge >= 0.3 is 5.56 Å². The van der Waals surface area contributed by atoms with Crippen molar-refractivity contribution in [3.63, 3.8) is 0 Å². The molecule has 0 amide bonds. The van der Waals surface area contributed by atoms with Crippen molar-refractivity contribution < 1.29 is 13.2 Å². The van der Waals surface area contributed by atoms with Gasteiger partial charge in [-0.1, -0.05) is 38.4 Å². The fourth-order valence-corrected chi connectivity index (χ4v) is 6.71. The highest BCUT2D eigenvalue weighted by Gasteiger charge is 2.34. The first-order chi connectivity index (χ1) is 17.4. The quantitative estimate of drug-likeness (QED) is 0.517. The highest BCUT2D eigenvalue weighted by Crippen LogP contribution is 2.39. The molecular weight excluding hydrogens is 512 g/mol. The van der Waals surface area contributed by atoms with Crippen LogP contribution in [0, 0.1) is 11.3 Å². The summed E-state index contributed by atoms with van der Waals surface area (Å²) >= 11 is 6.18. The molecule has 0 atom stereocenters. The van der Waals surface area contributed by atoms with E-state index >= 15 is 0 Å². The maximum absolute atomic E-state index is 13.8. The minimum atomic E-state index is -3.33. The molecule has 1 saturated heterocycles. The second-order valence-corrected chi connectivity index (χ2v) is 14.4. The van der Waals surface area contributed by atoms with Gasteiger partial charge in [0.05, 0.1) is 23.2 Å². The lowest BCUT2D eigenvalue weighted by molar-refractivity contribution is 0.0870. The Morgan fingerprint density at radius 3 is 2.27 bits per heavy atom. The zero-order valence-electron chi connectivity index (χ0n) is 22.5. The van der Waals surface area contributed by atoms with E-state index < -0.39 is 15.3 Å². The fourth-order valence-electron chi connectivity index (χ4n) is 5.25. The summed E-state index contributed by atoms with van der Waals surface area (Å²) in [6.45, 7) is 11.9. The molecule has 1 aliphatic heterocycles. The number of hydrogen-bond acceptors (Lipinski definition) is 6. The monoisotopic (exact) mass is 550 g/mol. The van der Waals surface area contributed by atoms with Crippen LogP contribution >= 0.6 is 11.6 Å². The lowest BCUT2D eigenvalue weighted by Crippen LogP contribution is -2.50. The van der Waals surface area contributed by atoms with Gasteiger partial charge in [0.15, 0.2) is 0 Å². The van der Waals surface area contributed by atoms with E-state index in [0.29, 0.717) is 48.5 Å². The molecule has 2 aromatic rings. The molecule has 1 aliphatic carbocycles. The molecule has 204 valence electrons. The van der Waals surface area contributed by atoms with Crippen molar-refractivity contribution in [2.75, 3.05) is 31.1 Å². The van der Waals surface area contributed by atoms with Crippen LogP contribution in [-0.2, 0) is 10.0 Å². The minimum absolute atomic E-state index is 0.0529. The van der Waals surface area contributed by atoms with Gasteiger partial charge < -0.3 is 9.64 Å². The van der Waals surface area contributed by atoms with Crippen molar-refractivity contribution in [3.05, 3.63) is 45.8 Å². The molecule has 10 heteroatoms. The highest BCUT2D eigenvalue weighted by atomic mass is 35.5. The number of benzene rings is 1. The van der Waals surface area contributed by atoms with Crippen LogP contribution in [0.2, 0.25) is 5.02 Å². The number of halogens is 1. The number of nitrogens with zero attached hydrogens (tertiary/aromatic N) is 4. The summed E-state index contributed by atoms with van der Waals surface area (Å²) in [7, 11) is -3.33. The molecule has 2 aliphatic rings. The van der Waals surface area contributed by atoms with Gasteiger partial charge in [-0.25, -0.2) is 8.42 Å². The first kappa shape index (κ1) is 27.9. The van der Waals surface area contributed by atoms with E-state index in [1.807, 2.05) is 4.90 Å². The SMILES string of the molecule is CC(C)S(=O)(=O)N1CCN(c2cnn(-c3cccc(Cl)c3)c(=O)c2OC2CCC(C(C)(C)C)CC2)CC1. The van der Waals surface area contributed by atoms with Crippen molar-refractivity contribution in [1.29, 1.82) is 0 Å². The zero-order valence-corrected chi connectivity index (χ0v) is 24.1. The maximum atomic E-state index is 13.8. The Morgan fingerprint density at radius 1 is 1.05 bits per heavy atom. The molecule has 1 aromatic carbocycles. The Morgan fingerprint density at radius 2 is 1.70 bits per heavy atom. The lowest BCUT2D eigenvalue weighted by atomic mass is 9.72. The molecule has 2 heterocycles. The van der Waals surface area contributed by atoms with Crippen LogP contribution in [0.3, 0.4) is 0 Å². The standard InChI is InChI=1S/C27H39ClN4O4S/c1-19(2)37(34,35)31-15-13-30(14-16-31)24-18-29-32(22-8-6-7-21(28)17-22)26(33)25(24)36-23-11-9-20(10-12-23)27(3,4)5/h6-8,17-20,23H,9-16H2,1-5H3. The molecular formula is C27H39ClN4O4S. The van der Waals surface area contributed by atoms with Gasteiger partial charge in [-0.2, -0.15) is 14.1 Å². The van der Waals surface area contributed by atoms with E-state index in [9.17, 15) is 13.2 Å². The van der Waals surface area contributed by atoms with E-state index in [-0.39, 0.29) is 22.8 Å². The van der Waals surface area contributed by atoms with Gasteiger partial charge in [0.1, 0.15) is 5.69 Å². The molecule has 8 nitrogen and oxygen atoms in total. The molecule has 0 bridgehead atoms. The van der Waals surface area contributed by atoms with Crippen LogP contribution in [0.1, 0.15) is 60.3 Å². The van der Waals surface area contributed by atoms with E-state index in [1.165, 1.54) is 8.99 Å². The second kappa shape index (κ2) is 10.9. The third-order valence-corrected chi connectivity index (χ3v) is 10.2. The second-order valence-electron chi connectivity index (χ2n) is 11.5. The first-order valence-electron chi connectivity index (χ1n) is 13.2. The maximum Gasteiger partial charge on any atom is 0.316 e. The smallest absolute Gasteiger partial charge is 0.316 e. The number of hydrogen-bond donors (Lipinski definition) is 0. The largest absolute Gasteiger partial charge is 0.483 e. The molecule has 1 saturated carbocycles. The van der Waals surface area contributed by atoms with Crippen molar-refractivity contribution in [1.82, 2.24) is 14.1 Å². The van der Waals surface area contributed by atoms with Gasteiger partial charge in [0.2, 0.25) is 15.8 Å². The Bertz CT molecular complexity index is 1260. The van der Waals surface area contributed by atoms with Gasteiger partial charge in [0.25, 0.3) is 0 Å². The summed E-state index contributed by atoms with van der Waals surface area (Å²) in [5.74, 6) is 0.901. The van der Waals surface area contributed by atoms with E-state index in [2.05, 4.69) is 25.9 Å². The highest BCUT2D eigenvalue weighted by molar-refractivity contribution is 7.89. The molecule has 4 rings (SSSR count). The van der Waals surface area contributed by atoms with E-state index in [0.717, 1.165) is 25.7 Å².